The van der Waals surface area contributed by atoms with Gasteiger partial charge in [-0.25, -0.2) is 0 Å². The molecule has 6 nitrogen and oxygen atoms in total. The van der Waals surface area contributed by atoms with Crippen molar-refractivity contribution in [1.82, 2.24) is 10.1 Å². The van der Waals surface area contributed by atoms with Gasteiger partial charge in [0.2, 0.25) is 5.91 Å². The summed E-state index contributed by atoms with van der Waals surface area (Å²) in [5, 5.41) is 10.2. The molecule has 0 unspecified atom stereocenters. The summed E-state index contributed by atoms with van der Waals surface area (Å²) in [6.45, 7) is 1.45. The van der Waals surface area contributed by atoms with Gasteiger partial charge in [0.1, 0.15) is 0 Å². The fraction of sp³-hybridized carbons (Fsp3) is 0.250. The highest BCUT2D eigenvalue weighted by atomic mass is 16.5. The van der Waals surface area contributed by atoms with E-state index in [2.05, 4.69) is 0 Å². The summed E-state index contributed by atoms with van der Waals surface area (Å²) in [6, 6.07) is 0. The fourth-order valence-electron chi connectivity index (χ4n) is 1.05. The minimum absolute atomic E-state index is 0.0839. The second kappa shape index (κ2) is 4.03. The van der Waals surface area contributed by atoms with Crippen molar-refractivity contribution >= 4 is 11.8 Å². The van der Waals surface area contributed by atoms with Gasteiger partial charge in [-0.3, -0.25) is 15.4 Å². The molecule has 0 fully saturated rings. The smallest absolute Gasteiger partial charge is 0.255 e. The third-order valence-electron chi connectivity index (χ3n) is 1.78. The number of hydrazine groups is 1. The molecule has 2 N–H and O–H groups in total. The van der Waals surface area contributed by atoms with Gasteiger partial charge in [0.05, 0.1) is 6.54 Å². The van der Waals surface area contributed by atoms with Crippen molar-refractivity contribution in [3.63, 3.8) is 0 Å². The van der Waals surface area contributed by atoms with Crippen LogP contribution in [0.1, 0.15) is 6.92 Å². The molecular formula is C8H10N3O3-. The number of hydroxylamine groups is 1. The zero-order chi connectivity index (χ0) is 10.7. The maximum atomic E-state index is 11.1. The van der Waals surface area contributed by atoms with Crippen molar-refractivity contribution in [2.24, 2.45) is 5.84 Å². The van der Waals surface area contributed by atoms with E-state index in [1.807, 2.05) is 0 Å². The Balaban J connectivity index is 2.75. The molecule has 0 aromatic rings. The Kier molecular flexibility index (Phi) is 3.00. The van der Waals surface area contributed by atoms with Crippen LogP contribution in [-0.4, -0.2) is 28.4 Å². The molecular weight excluding hydrogens is 186 g/mol. The van der Waals surface area contributed by atoms with E-state index in [0.29, 0.717) is 0 Å². The summed E-state index contributed by atoms with van der Waals surface area (Å²) >= 11 is 0. The highest BCUT2D eigenvalue weighted by Crippen LogP contribution is 2.09. The first-order chi connectivity index (χ1) is 6.52. The zero-order valence-electron chi connectivity index (χ0n) is 7.64. The van der Waals surface area contributed by atoms with Crippen LogP contribution in [0.2, 0.25) is 0 Å². The van der Waals surface area contributed by atoms with Crippen LogP contribution in [0.5, 0.6) is 0 Å². The lowest BCUT2D eigenvalue weighted by molar-refractivity contribution is -0.127. The second-order valence-corrected chi connectivity index (χ2v) is 2.81. The predicted octanol–water partition coefficient (Wildman–Crippen LogP) is -0.511. The number of carbonyl (C=O) groups is 2. The molecule has 6 heteroatoms. The van der Waals surface area contributed by atoms with Crippen molar-refractivity contribution in [2.45, 2.75) is 6.92 Å². The van der Waals surface area contributed by atoms with E-state index in [1.54, 1.807) is 0 Å². The third-order valence-corrected chi connectivity index (χ3v) is 1.78. The van der Waals surface area contributed by atoms with Gasteiger partial charge >= 0.3 is 0 Å². The molecule has 1 aliphatic heterocycles. The lowest BCUT2D eigenvalue weighted by Gasteiger charge is -2.26. The SMILES string of the molecule is CC(=O)N1C=CC=C(C(=O)N(N)[O-])C1. The Hall–Kier alpha value is -1.66. The van der Waals surface area contributed by atoms with Gasteiger partial charge in [-0.2, -0.15) is 0 Å². The third kappa shape index (κ3) is 2.18. The molecule has 0 spiro atoms. The standard InChI is InChI=1S/C8H10N3O3/c1-6(12)10-4-2-3-7(5-10)8(13)11(9)14/h2-4H,5,9H2,1H3/q-1. The Morgan fingerprint density at radius 1 is 1.64 bits per heavy atom. The Morgan fingerprint density at radius 2 is 2.29 bits per heavy atom. The number of nitrogens with two attached hydrogens (primary N) is 1. The first kappa shape index (κ1) is 10.4. The van der Waals surface area contributed by atoms with Crippen LogP contribution in [-0.2, 0) is 9.59 Å². The van der Waals surface area contributed by atoms with Crippen molar-refractivity contribution in [1.29, 1.82) is 0 Å². The summed E-state index contributed by atoms with van der Waals surface area (Å²) in [5.41, 5.74) is 0.195. The van der Waals surface area contributed by atoms with E-state index < -0.39 is 5.91 Å². The minimum atomic E-state index is -0.833. The van der Waals surface area contributed by atoms with E-state index in [-0.39, 0.29) is 23.2 Å². The first-order valence-corrected chi connectivity index (χ1v) is 3.93. The molecule has 0 aliphatic carbocycles. The lowest BCUT2D eigenvalue weighted by Crippen LogP contribution is -2.37. The average Bonchev–Trinajstić information content (AvgIpc) is 2.16. The van der Waals surface area contributed by atoms with Crippen LogP contribution in [0.4, 0.5) is 0 Å². The first-order valence-electron chi connectivity index (χ1n) is 3.93. The maximum Gasteiger partial charge on any atom is 0.255 e. The number of carbonyl (C=O) groups excluding carboxylic acids is 2. The van der Waals surface area contributed by atoms with Gasteiger partial charge in [0.25, 0.3) is 5.91 Å². The molecule has 14 heavy (non-hydrogen) atoms. The van der Waals surface area contributed by atoms with Gasteiger partial charge < -0.3 is 15.3 Å². The van der Waals surface area contributed by atoms with Gasteiger partial charge in [-0.1, -0.05) is 6.08 Å². The Morgan fingerprint density at radius 3 is 2.79 bits per heavy atom. The van der Waals surface area contributed by atoms with Crippen molar-refractivity contribution in [2.75, 3.05) is 6.54 Å². The number of nitrogens with zero attached hydrogens (tertiary/aromatic N) is 2. The lowest BCUT2D eigenvalue weighted by atomic mass is 10.2. The summed E-state index contributed by atoms with van der Waals surface area (Å²) in [5.74, 6) is 3.72. The van der Waals surface area contributed by atoms with Crippen LogP contribution >= 0.6 is 0 Å². The highest BCUT2D eigenvalue weighted by Gasteiger charge is 2.16. The minimum Gasteiger partial charge on any atom is -0.741 e. The van der Waals surface area contributed by atoms with E-state index in [9.17, 15) is 14.8 Å². The summed E-state index contributed by atoms with van der Waals surface area (Å²) in [4.78, 5) is 23.4. The van der Waals surface area contributed by atoms with Gasteiger partial charge in [-0.15, -0.1) is 0 Å². The second-order valence-electron chi connectivity index (χ2n) is 2.81. The largest absolute Gasteiger partial charge is 0.741 e. The Labute approximate surface area is 80.8 Å². The molecule has 0 aromatic carbocycles. The molecule has 2 amide bonds. The van der Waals surface area contributed by atoms with Gasteiger partial charge in [-0.05, 0) is 6.08 Å². The molecule has 1 aliphatic rings. The molecule has 0 atom stereocenters. The molecule has 0 saturated carbocycles. The van der Waals surface area contributed by atoms with E-state index >= 15 is 0 Å². The van der Waals surface area contributed by atoms with E-state index in [1.165, 1.54) is 30.2 Å². The van der Waals surface area contributed by atoms with Crippen LogP contribution in [0.3, 0.4) is 0 Å². The highest BCUT2D eigenvalue weighted by molar-refractivity contribution is 5.95. The number of hydrogen-bond acceptors (Lipinski definition) is 4. The average molecular weight is 196 g/mol. The van der Waals surface area contributed by atoms with Crippen LogP contribution in [0.25, 0.3) is 0 Å². The number of rotatable bonds is 1. The van der Waals surface area contributed by atoms with Crippen molar-refractivity contribution in [3.05, 3.63) is 29.1 Å². The van der Waals surface area contributed by atoms with Crippen LogP contribution in [0, 0.1) is 5.21 Å². The zero-order valence-corrected chi connectivity index (χ0v) is 7.64. The molecule has 0 radical (unpaired) electrons. The molecule has 1 rings (SSSR count). The topological polar surface area (TPSA) is 89.7 Å². The molecule has 0 aromatic heterocycles. The number of hydrogen-bond donors (Lipinski definition) is 1. The molecule has 0 saturated heterocycles. The van der Waals surface area contributed by atoms with E-state index in [4.69, 9.17) is 5.84 Å². The fourth-order valence-corrected chi connectivity index (χ4v) is 1.05. The number of allylic oxidation sites excluding steroid dienone is 2. The van der Waals surface area contributed by atoms with Crippen LogP contribution < -0.4 is 5.84 Å². The number of amides is 2. The molecule has 0 bridgehead atoms. The summed E-state index contributed by atoms with van der Waals surface area (Å²) in [7, 11) is 0. The van der Waals surface area contributed by atoms with E-state index in [0.717, 1.165) is 0 Å². The predicted molar refractivity (Wildman–Crippen MR) is 49.0 cm³/mol. The maximum absolute atomic E-state index is 11.1. The van der Waals surface area contributed by atoms with Crippen LogP contribution in [0.15, 0.2) is 23.9 Å². The molecule has 1 heterocycles. The summed E-state index contributed by atoms with van der Waals surface area (Å²) < 4.78 is 0. The summed E-state index contributed by atoms with van der Waals surface area (Å²) in [6.07, 6.45) is 4.51. The molecule has 76 valence electrons. The van der Waals surface area contributed by atoms with Crippen molar-refractivity contribution in [3.8, 4) is 0 Å². The monoisotopic (exact) mass is 196 g/mol. The quantitative estimate of drug-likeness (QED) is 0.347. The van der Waals surface area contributed by atoms with Gasteiger partial charge in [0, 0.05) is 18.7 Å². The Bertz CT molecular complexity index is 320. The van der Waals surface area contributed by atoms with Gasteiger partial charge in [0.15, 0.2) is 0 Å². The van der Waals surface area contributed by atoms with Crippen molar-refractivity contribution < 1.29 is 9.59 Å². The normalized spacial score (nSPS) is 15.1.